The number of para-hydroxylation sites is 1. The van der Waals surface area contributed by atoms with Gasteiger partial charge in [0.2, 0.25) is 5.82 Å². The minimum absolute atomic E-state index is 0.152. The molecular weight excluding hydrogens is 252 g/mol. The van der Waals surface area contributed by atoms with Gasteiger partial charge < -0.3 is 4.90 Å². The van der Waals surface area contributed by atoms with Crippen molar-refractivity contribution >= 4 is 11.6 Å². The predicted molar refractivity (Wildman–Crippen MR) is 78.8 cm³/mol. The van der Waals surface area contributed by atoms with Crippen LogP contribution in [0.5, 0.6) is 0 Å². The molecule has 106 valence electrons. The van der Waals surface area contributed by atoms with E-state index >= 15 is 0 Å². The number of aryl methyl sites for hydroxylation is 1. The van der Waals surface area contributed by atoms with E-state index in [9.17, 15) is 4.79 Å². The van der Waals surface area contributed by atoms with E-state index in [1.807, 2.05) is 37.3 Å². The van der Waals surface area contributed by atoms with Gasteiger partial charge in [0.15, 0.2) is 0 Å². The molecule has 1 N–H and O–H groups in total. The summed E-state index contributed by atoms with van der Waals surface area (Å²) < 4.78 is 0. The first-order valence-electron chi connectivity index (χ1n) is 7.04. The molecule has 5 heteroatoms. The number of hydrogen-bond donors (Lipinski definition) is 1. The summed E-state index contributed by atoms with van der Waals surface area (Å²) in [6.45, 7) is 4.76. The number of rotatable bonds is 6. The first-order chi connectivity index (χ1) is 9.76. The number of anilines is 1. The summed E-state index contributed by atoms with van der Waals surface area (Å²) in [7, 11) is 0. The summed E-state index contributed by atoms with van der Waals surface area (Å²) in [5, 5.41) is 6.80. The number of unbranched alkanes of at least 4 members (excludes halogenated alkanes) is 1. The van der Waals surface area contributed by atoms with Crippen LogP contribution in [0, 0.1) is 0 Å². The molecule has 0 saturated carbocycles. The first kappa shape index (κ1) is 14.2. The lowest BCUT2D eigenvalue weighted by molar-refractivity contribution is 0.0977. The highest BCUT2D eigenvalue weighted by molar-refractivity contribution is 6.03. The Labute approximate surface area is 119 Å². The van der Waals surface area contributed by atoms with Crippen LogP contribution in [0.4, 0.5) is 5.69 Å². The van der Waals surface area contributed by atoms with Crippen molar-refractivity contribution in [2.24, 2.45) is 0 Å². The van der Waals surface area contributed by atoms with E-state index in [0.29, 0.717) is 6.54 Å². The highest BCUT2D eigenvalue weighted by atomic mass is 16.2. The van der Waals surface area contributed by atoms with Gasteiger partial charge in [-0.2, -0.15) is 0 Å². The lowest BCUT2D eigenvalue weighted by Crippen LogP contribution is -2.32. The maximum Gasteiger partial charge on any atom is 0.297 e. The van der Waals surface area contributed by atoms with Crippen LogP contribution in [0.15, 0.2) is 30.3 Å². The van der Waals surface area contributed by atoms with Gasteiger partial charge in [0.05, 0.1) is 0 Å². The maximum atomic E-state index is 12.6. The number of aromatic amines is 1. The summed E-state index contributed by atoms with van der Waals surface area (Å²) in [4.78, 5) is 18.5. The summed E-state index contributed by atoms with van der Waals surface area (Å²) >= 11 is 0. The van der Waals surface area contributed by atoms with Gasteiger partial charge in [0.25, 0.3) is 5.91 Å². The number of carbonyl (C=O) groups excluding carboxylic acids is 1. The second-order valence-corrected chi connectivity index (χ2v) is 4.61. The Kier molecular flexibility index (Phi) is 4.87. The Morgan fingerprint density at radius 1 is 1.25 bits per heavy atom. The zero-order valence-corrected chi connectivity index (χ0v) is 12.0. The van der Waals surface area contributed by atoms with E-state index in [2.05, 4.69) is 22.1 Å². The Morgan fingerprint density at radius 3 is 2.60 bits per heavy atom. The Hall–Kier alpha value is -2.17. The van der Waals surface area contributed by atoms with Crippen LogP contribution in [0.25, 0.3) is 0 Å². The summed E-state index contributed by atoms with van der Waals surface area (Å²) in [6.07, 6.45) is 2.72. The number of aromatic nitrogens is 3. The van der Waals surface area contributed by atoms with Crippen molar-refractivity contribution in [3.05, 3.63) is 42.0 Å². The minimum atomic E-state index is -0.152. The molecule has 0 radical (unpaired) electrons. The Bertz CT molecular complexity index is 550. The summed E-state index contributed by atoms with van der Waals surface area (Å²) in [6, 6.07) is 9.66. The lowest BCUT2D eigenvalue weighted by Gasteiger charge is -2.21. The molecule has 0 atom stereocenters. The number of amides is 1. The van der Waals surface area contributed by atoms with Crippen LogP contribution >= 0.6 is 0 Å². The molecule has 0 aliphatic heterocycles. The fourth-order valence-electron chi connectivity index (χ4n) is 1.94. The third-order valence-corrected chi connectivity index (χ3v) is 3.11. The van der Waals surface area contributed by atoms with Crippen LogP contribution in [-0.4, -0.2) is 27.6 Å². The molecule has 1 heterocycles. The van der Waals surface area contributed by atoms with E-state index in [-0.39, 0.29) is 11.7 Å². The molecule has 2 rings (SSSR count). The number of H-pyrrole nitrogens is 1. The Balaban J connectivity index is 2.24. The molecule has 0 fully saturated rings. The molecule has 2 aromatic rings. The predicted octanol–water partition coefficient (Wildman–Crippen LogP) is 2.81. The second-order valence-electron chi connectivity index (χ2n) is 4.61. The van der Waals surface area contributed by atoms with Gasteiger partial charge in [-0.3, -0.25) is 9.89 Å². The van der Waals surface area contributed by atoms with Crippen LogP contribution in [-0.2, 0) is 6.42 Å². The van der Waals surface area contributed by atoms with Gasteiger partial charge in [0.1, 0.15) is 5.82 Å². The zero-order chi connectivity index (χ0) is 14.4. The molecule has 0 aliphatic carbocycles. The molecule has 0 saturated heterocycles. The van der Waals surface area contributed by atoms with Crippen molar-refractivity contribution in [2.45, 2.75) is 33.1 Å². The average Bonchev–Trinajstić information content (AvgIpc) is 2.97. The normalized spacial score (nSPS) is 10.5. The maximum absolute atomic E-state index is 12.6. The fraction of sp³-hybridized carbons (Fsp3) is 0.400. The van der Waals surface area contributed by atoms with E-state index < -0.39 is 0 Å². The van der Waals surface area contributed by atoms with Crippen LogP contribution in [0.2, 0.25) is 0 Å². The average molecular weight is 272 g/mol. The largest absolute Gasteiger partial charge is 0.306 e. The zero-order valence-electron chi connectivity index (χ0n) is 12.0. The fourth-order valence-corrected chi connectivity index (χ4v) is 1.94. The first-order valence-corrected chi connectivity index (χ1v) is 7.04. The quantitative estimate of drug-likeness (QED) is 0.879. The molecule has 5 nitrogen and oxygen atoms in total. The van der Waals surface area contributed by atoms with Crippen molar-refractivity contribution in [1.29, 1.82) is 0 Å². The van der Waals surface area contributed by atoms with Gasteiger partial charge in [-0.05, 0) is 18.6 Å². The summed E-state index contributed by atoms with van der Waals surface area (Å²) in [5.74, 6) is 0.819. The van der Waals surface area contributed by atoms with Crippen LogP contribution < -0.4 is 4.90 Å². The molecule has 0 unspecified atom stereocenters. The Morgan fingerprint density at radius 2 is 2.00 bits per heavy atom. The van der Waals surface area contributed by atoms with Crippen LogP contribution in [0.3, 0.4) is 0 Å². The highest BCUT2D eigenvalue weighted by Crippen LogP contribution is 2.16. The standard InChI is InChI=1S/C15H20N4O/c1-3-5-11-19(12-9-7-6-8-10-12)15(20)14-16-13(4-2)17-18-14/h6-10H,3-5,11H2,1-2H3,(H,16,17,18). The highest BCUT2D eigenvalue weighted by Gasteiger charge is 2.21. The number of benzene rings is 1. The molecule has 1 amide bonds. The topological polar surface area (TPSA) is 61.9 Å². The van der Waals surface area contributed by atoms with Crippen molar-refractivity contribution in [3.63, 3.8) is 0 Å². The van der Waals surface area contributed by atoms with Crippen LogP contribution in [0.1, 0.15) is 43.1 Å². The molecule has 0 aliphatic rings. The SMILES string of the molecule is CCCCN(C(=O)c1n[nH]c(CC)n1)c1ccccc1. The third kappa shape index (κ3) is 3.23. The number of hydrogen-bond acceptors (Lipinski definition) is 3. The van der Waals surface area contributed by atoms with E-state index in [0.717, 1.165) is 30.8 Å². The number of nitrogens with zero attached hydrogens (tertiary/aromatic N) is 3. The minimum Gasteiger partial charge on any atom is -0.306 e. The van der Waals surface area contributed by atoms with Crippen molar-refractivity contribution < 1.29 is 4.79 Å². The van der Waals surface area contributed by atoms with Gasteiger partial charge >= 0.3 is 0 Å². The van der Waals surface area contributed by atoms with Gasteiger partial charge in [-0.1, -0.05) is 38.5 Å². The van der Waals surface area contributed by atoms with Crippen molar-refractivity contribution in [3.8, 4) is 0 Å². The van der Waals surface area contributed by atoms with Gasteiger partial charge in [-0.25, -0.2) is 4.98 Å². The number of nitrogens with one attached hydrogen (secondary N) is 1. The van der Waals surface area contributed by atoms with Gasteiger partial charge in [0, 0.05) is 18.7 Å². The third-order valence-electron chi connectivity index (χ3n) is 3.11. The molecule has 20 heavy (non-hydrogen) atoms. The van der Waals surface area contributed by atoms with Gasteiger partial charge in [-0.15, -0.1) is 5.10 Å². The monoisotopic (exact) mass is 272 g/mol. The number of carbonyl (C=O) groups is 1. The molecule has 1 aromatic carbocycles. The molecule has 0 bridgehead atoms. The van der Waals surface area contributed by atoms with E-state index in [1.54, 1.807) is 4.90 Å². The molecule has 0 spiro atoms. The van der Waals surface area contributed by atoms with E-state index in [1.165, 1.54) is 0 Å². The van der Waals surface area contributed by atoms with E-state index in [4.69, 9.17) is 0 Å². The van der Waals surface area contributed by atoms with Crippen molar-refractivity contribution in [2.75, 3.05) is 11.4 Å². The smallest absolute Gasteiger partial charge is 0.297 e. The second kappa shape index (κ2) is 6.84. The van der Waals surface area contributed by atoms with Crippen molar-refractivity contribution in [1.82, 2.24) is 15.2 Å². The molecule has 1 aromatic heterocycles. The summed E-state index contributed by atoms with van der Waals surface area (Å²) in [5.41, 5.74) is 0.883. The lowest BCUT2D eigenvalue weighted by atomic mass is 10.2. The molecular formula is C15H20N4O.